The third-order valence-electron chi connectivity index (χ3n) is 2.93. The Hall–Kier alpha value is -1.71. The highest BCUT2D eigenvalue weighted by Crippen LogP contribution is 2.26. The van der Waals surface area contributed by atoms with E-state index in [-0.39, 0.29) is 6.04 Å². The minimum Gasteiger partial charge on any atom is -0.322 e. The molecule has 2 N–H and O–H groups in total. The van der Waals surface area contributed by atoms with Gasteiger partial charge in [-0.2, -0.15) is 0 Å². The second-order valence-corrected chi connectivity index (χ2v) is 5.38. The Morgan fingerprint density at radius 3 is 2.50 bits per heavy atom. The molecule has 0 amide bonds. The molecule has 2 nitrogen and oxygen atoms in total. The van der Waals surface area contributed by atoms with Crippen LogP contribution in [0.3, 0.4) is 0 Å². The van der Waals surface area contributed by atoms with Gasteiger partial charge in [-0.1, -0.05) is 42.5 Å². The summed E-state index contributed by atoms with van der Waals surface area (Å²) in [7, 11) is 0. The van der Waals surface area contributed by atoms with Crippen molar-refractivity contribution in [3.8, 4) is 0 Å². The van der Waals surface area contributed by atoms with Crippen molar-refractivity contribution in [2.45, 2.75) is 12.5 Å². The molecule has 0 aliphatic rings. The number of thiazole rings is 1. The lowest BCUT2D eigenvalue weighted by atomic mass is 10.1. The van der Waals surface area contributed by atoms with E-state index in [1.54, 1.807) is 11.3 Å². The van der Waals surface area contributed by atoms with E-state index in [4.69, 9.17) is 5.73 Å². The molecule has 3 aromatic rings. The van der Waals surface area contributed by atoms with Crippen LogP contribution in [0.2, 0.25) is 0 Å². The van der Waals surface area contributed by atoms with Crippen molar-refractivity contribution in [3.05, 3.63) is 65.2 Å². The van der Waals surface area contributed by atoms with E-state index in [9.17, 15) is 0 Å². The van der Waals surface area contributed by atoms with Crippen LogP contribution in [-0.4, -0.2) is 4.98 Å². The summed E-state index contributed by atoms with van der Waals surface area (Å²) in [6.45, 7) is 0. The van der Waals surface area contributed by atoms with Crippen LogP contribution in [0.15, 0.2) is 54.6 Å². The van der Waals surface area contributed by atoms with Gasteiger partial charge in [0.25, 0.3) is 0 Å². The van der Waals surface area contributed by atoms with Crippen LogP contribution >= 0.6 is 11.3 Å². The van der Waals surface area contributed by atoms with Crippen molar-refractivity contribution in [1.82, 2.24) is 4.98 Å². The first kappa shape index (κ1) is 11.4. The first-order valence-electron chi connectivity index (χ1n) is 5.98. The zero-order chi connectivity index (χ0) is 12.4. The molecule has 1 unspecified atom stereocenters. The third kappa shape index (κ3) is 2.28. The summed E-state index contributed by atoms with van der Waals surface area (Å²) in [5.41, 5.74) is 8.54. The first-order chi connectivity index (χ1) is 8.83. The fourth-order valence-electron chi connectivity index (χ4n) is 2.00. The van der Waals surface area contributed by atoms with Crippen LogP contribution < -0.4 is 5.73 Å². The van der Waals surface area contributed by atoms with Gasteiger partial charge in [0, 0.05) is 0 Å². The maximum absolute atomic E-state index is 6.24. The van der Waals surface area contributed by atoms with Gasteiger partial charge < -0.3 is 5.73 Å². The number of hydrogen-bond acceptors (Lipinski definition) is 3. The molecule has 0 aliphatic carbocycles. The first-order valence-corrected chi connectivity index (χ1v) is 6.79. The van der Waals surface area contributed by atoms with Gasteiger partial charge in [-0.3, -0.25) is 0 Å². The topological polar surface area (TPSA) is 38.9 Å². The van der Waals surface area contributed by atoms with Crippen LogP contribution in [0.4, 0.5) is 0 Å². The fraction of sp³-hybridized carbons (Fsp3) is 0.133. The number of hydrogen-bond donors (Lipinski definition) is 1. The van der Waals surface area contributed by atoms with E-state index in [0.29, 0.717) is 0 Å². The number of aromatic nitrogens is 1. The molecule has 18 heavy (non-hydrogen) atoms. The largest absolute Gasteiger partial charge is 0.322 e. The zero-order valence-corrected chi connectivity index (χ0v) is 10.7. The molecule has 0 saturated carbocycles. The molecule has 1 aromatic heterocycles. The van der Waals surface area contributed by atoms with Crippen LogP contribution in [0.25, 0.3) is 10.2 Å². The minimum absolute atomic E-state index is 0.0233. The van der Waals surface area contributed by atoms with E-state index in [0.717, 1.165) is 16.9 Å². The van der Waals surface area contributed by atoms with Gasteiger partial charge in [-0.25, -0.2) is 4.98 Å². The summed E-state index contributed by atoms with van der Waals surface area (Å²) in [5.74, 6) is 0. The molecular weight excluding hydrogens is 240 g/mol. The average Bonchev–Trinajstić information content (AvgIpc) is 2.84. The summed E-state index contributed by atoms with van der Waals surface area (Å²) in [5, 5.41) is 1.01. The van der Waals surface area contributed by atoms with Crippen LogP contribution in [0.5, 0.6) is 0 Å². The summed E-state index contributed by atoms with van der Waals surface area (Å²) in [4.78, 5) is 4.60. The van der Waals surface area contributed by atoms with Gasteiger partial charge in [-0.15, -0.1) is 11.3 Å². The highest BCUT2D eigenvalue weighted by molar-refractivity contribution is 7.18. The molecule has 2 aromatic carbocycles. The molecule has 0 bridgehead atoms. The molecule has 0 aliphatic heterocycles. The quantitative estimate of drug-likeness (QED) is 0.776. The van der Waals surface area contributed by atoms with Crippen LogP contribution in [0, 0.1) is 0 Å². The van der Waals surface area contributed by atoms with Crippen molar-refractivity contribution >= 4 is 21.6 Å². The van der Waals surface area contributed by atoms with Crippen molar-refractivity contribution in [2.24, 2.45) is 5.73 Å². The summed E-state index contributed by atoms with van der Waals surface area (Å²) < 4.78 is 1.20. The Balaban J connectivity index is 1.86. The number of benzene rings is 2. The van der Waals surface area contributed by atoms with E-state index < -0.39 is 0 Å². The lowest BCUT2D eigenvalue weighted by molar-refractivity contribution is 0.717. The predicted molar refractivity (Wildman–Crippen MR) is 76.7 cm³/mol. The Bertz CT molecular complexity index is 613. The maximum Gasteiger partial charge on any atom is 0.111 e. The third-order valence-corrected chi connectivity index (χ3v) is 4.09. The van der Waals surface area contributed by atoms with Gasteiger partial charge in [0.2, 0.25) is 0 Å². The maximum atomic E-state index is 6.24. The molecule has 1 atom stereocenters. The number of rotatable bonds is 3. The van der Waals surface area contributed by atoms with Crippen molar-refractivity contribution < 1.29 is 0 Å². The summed E-state index contributed by atoms with van der Waals surface area (Å²) in [6.07, 6.45) is 0.834. The molecular formula is C15H14N2S. The van der Waals surface area contributed by atoms with E-state index in [1.165, 1.54) is 10.3 Å². The SMILES string of the molecule is NC(Cc1ccccc1)c1nc2ccccc2s1. The molecule has 3 heteroatoms. The second-order valence-electron chi connectivity index (χ2n) is 4.32. The number of fused-ring (bicyclic) bond motifs is 1. The number of nitrogens with two attached hydrogens (primary N) is 1. The predicted octanol–water partition coefficient (Wildman–Crippen LogP) is 3.54. The number of para-hydroxylation sites is 1. The Morgan fingerprint density at radius 2 is 1.72 bits per heavy atom. The van der Waals surface area contributed by atoms with Crippen LogP contribution in [-0.2, 0) is 6.42 Å². The highest BCUT2D eigenvalue weighted by atomic mass is 32.1. The minimum atomic E-state index is -0.0233. The van der Waals surface area contributed by atoms with Gasteiger partial charge in [0.05, 0.1) is 16.3 Å². The smallest absolute Gasteiger partial charge is 0.111 e. The Morgan fingerprint density at radius 1 is 1.00 bits per heavy atom. The lowest BCUT2D eigenvalue weighted by Crippen LogP contribution is -2.12. The molecule has 0 spiro atoms. The normalized spacial score (nSPS) is 12.7. The molecule has 0 radical (unpaired) electrons. The van der Waals surface area contributed by atoms with Crippen molar-refractivity contribution in [3.63, 3.8) is 0 Å². The monoisotopic (exact) mass is 254 g/mol. The van der Waals surface area contributed by atoms with Crippen LogP contribution in [0.1, 0.15) is 16.6 Å². The number of nitrogens with zero attached hydrogens (tertiary/aromatic N) is 1. The van der Waals surface area contributed by atoms with Gasteiger partial charge in [0.15, 0.2) is 0 Å². The molecule has 0 fully saturated rings. The summed E-state index contributed by atoms with van der Waals surface area (Å²) in [6, 6.07) is 18.5. The van der Waals surface area contributed by atoms with E-state index in [2.05, 4.69) is 23.2 Å². The fourth-order valence-corrected chi connectivity index (χ4v) is 2.97. The molecule has 3 rings (SSSR count). The second kappa shape index (κ2) is 4.88. The Labute approximate surface area is 110 Å². The summed E-state index contributed by atoms with van der Waals surface area (Å²) >= 11 is 1.69. The zero-order valence-electron chi connectivity index (χ0n) is 9.91. The van der Waals surface area contributed by atoms with Gasteiger partial charge >= 0.3 is 0 Å². The van der Waals surface area contributed by atoms with Gasteiger partial charge in [-0.05, 0) is 24.1 Å². The van der Waals surface area contributed by atoms with E-state index in [1.807, 2.05) is 36.4 Å². The Kier molecular flexibility index (Phi) is 3.09. The van der Waals surface area contributed by atoms with Crippen molar-refractivity contribution in [1.29, 1.82) is 0 Å². The van der Waals surface area contributed by atoms with Crippen molar-refractivity contribution in [2.75, 3.05) is 0 Å². The van der Waals surface area contributed by atoms with E-state index >= 15 is 0 Å². The standard InChI is InChI=1S/C15H14N2S/c16-12(10-11-6-2-1-3-7-11)15-17-13-8-4-5-9-14(13)18-15/h1-9,12H,10,16H2. The lowest BCUT2D eigenvalue weighted by Gasteiger charge is -2.07. The van der Waals surface area contributed by atoms with Gasteiger partial charge in [0.1, 0.15) is 5.01 Å². The average molecular weight is 254 g/mol. The highest BCUT2D eigenvalue weighted by Gasteiger charge is 2.12. The molecule has 1 heterocycles. The molecule has 0 saturated heterocycles. The molecule has 90 valence electrons.